The van der Waals surface area contributed by atoms with Crippen molar-refractivity contribution in [3.05, 3.63) is 455 Å². The largest absolute Gasteiger partial charge is 0.457 e. The number of fused-ring (bicyclic) bond motifs is 11. The summed E-state index contributed by atoms with van der Waals surface area (Å²) in [6, 6.07) is 129. The number of aromatic nitrogens is 9. The van der Waals surface area contributed by atoms with Crippen LogP contribution in [-0.4, -0.2) is 44.4 Å². The van der Waals surface area contributed by atoms with Gasteiger partial charge in [0.1, 0.15) is 34.8 Å². The molecular formula is C117H88N10O. The van der Waals surface area contributed by atoms with Gasteiger partial charge in [-0.1, -0.05) is 303 Å². The Hall–Kier alpha value is -16.3. The molecule has 15 aromatic carbocycles. The molecule has 0 bridgehead atoms. The lowest BCUT2D eigenvalue weighted by atomic mass is 9.65. The summed E-state index contributed by atoms with van der Waals surface area (Å²) in [4.78, 5) is 40.9. The Labute approximate surface area is 746 Å². The zero-order chi connectivity index (χ0) is 87.3. The van der Waals surface area contributed by atoms with E-state index in [-0.39, 0.29) is 0 Å². The number of benzene rings is 15. The first-order valence-electron chi connectivity index (χ1n) is 43.3. The van der Waals surface area contributed by atoms with Crippen LogP contribution in [0.15, 0.2) is 370 Å². The quantitative estimate of drug-likeness (QED) is 0.110. The van der Waals surface area contributed by atoms with Gasteiger partial charge in [0.15, 0.2) is 5.69 Å². The molecule has 0 atom stereocenters. The van der Waals surface area contributed by atoms with E-state index in [2.05, 4.69) is 364 Å². The second-order valence-electron chi connectivity index (χ2n) is 33.0. The van der Waals surface area contributed by atoms with Crippen molar-refractivity contribution < 1.29 is 4.74 Å². The highest BCUT2D eigenvalue weighted by Crippen LogP contribution is 2.63. The maximum absolute atomic E-state index is 7.42. The monoisotopic (exact) mass is 1650 g/mol. The van der Waals surface area contributed by atoms with Crippen molar-refractivity contribution in [3.63, 3.8) is 0 Å². The summed E-state index contributed by atoms with van der Waals surface area (Å²) in [6.45, 7) is 25.6. The van der Waals surface area contributed by atoms with Crippen molar-refractivity contribution in [3.8, 4) is 151 Å². The fourth-order valence-corrected chi connectivity index (χ4v) is 18.4. The molecule has 11 nitrogen and oxygen atoms in total. The molecule has 0 saturated heterocycles. The van der Waals surface area contributed by atoms with Gasteiger partial charge in [-0.3, -0.25) is 9.55 Å². The minimum Gasteiger partial charge on any atom is -0.457 e. The van der Waals surface area contributed by atoms with Gasteiger partial charge in [0, 0.05) is 73.3 Å². The van der Waals surface area contributed by atoms with Gasteiger partial charge in [-0.25, -0.2) is 39.7 Å². The van der Waals surface area contributed by atoms with E-state index >= 15 is 0 Å². The van der Waals surface area contributed by atoms with Crippen LogP contribution < -0.4 is 4.74 Å². The average Bonchev–Trinajstić information content (AvgIpc) is 1.50. The predicted molar refractivity (Wildman–Crippen MR) is 522 cm³/mol. The Balaban J connectivity index is 0.000000124. The number of nitrogens with zero attached hydrogens (tertiary/aromatic N) is 10. The summed E-state index contributed by atoms with van der Waals surface area (Å²) < 4.78 is 8.83. The highest BCUT2D eigenvalue weighted by atomic mass is 16.5. The van der Waals surface area contributed by atoms with E-state index in [0.717, 1.165) is 174 Å². The fraction of sp³-hybridized carbons (Fsp3) is 0.0855. The van der Waals surface area contributed by atoms with Gasteiger partial charge in [0.25, 0.3) is 0 Å². The van der Waals surface area contributed by atoms with Gasteiger partial charge in [-0.2, -0.15) is 0 Å². The lowest BCUT2D eigenvalue weighted by molar-refractivity contribution is 0.436. The van der Waals surface area contributed by atoms with E-state index in [0.29, 0.717) is 5.69 Å². The molecule has 0 fully saturated rings. The number of pyridine rings is 1. The third-order valence-electron chi connectivity index (χ3n) is 25.2. The third kappa shape index (κ3) is 15.0. The lowest BCUT2D eigenvalue weighted by Crippen LogP contribution is -2.32. The number of para-hydroxylation sites is 6. The zero-order valence-corrected chi connectivity index (χ0v) is 72.6. The third-order valence-corrected chi connectivity index (χ3v) is 25.2. The zero-order valence-electron chi connectivity index (χ0n) is 72.6. The number of hydrogen-bond donors (Lipinski definition) is 0. The van der Waals surface area contributed by atoms with Gasteiger partial charge in [0.2, 0.25) is 0 Å². The van der Waals surface area contributed by atoms with Crippen LogP contribution in [0.25, 0.3) is 167 Å². The molecule has 0 radical (unpaired) electrons. The van der Waals surface area contributed by atoms with Crippen LogP contribution >= 0.6 is 0 Å². The van der Waals surface area contributed by atoms with Gasteiger partial charge in [-0.05, 0) is 234 Å². The van der Waals surface area contributed by atoms with Gasteiger partial charge >= 0.3 is 0 Å². The van der Waals surface area contributed by atoms with Crippen molar-refractivity contribution in [2.45, 2.75) is 67.7 Å². The van der Waals surface area contributed by atoms with Gasteiger partial charge in [-0.15, -0.1) is 0 Å². The molecular weight excluding hydrogens is 1560 g/mol. The Kier molecular flexibility index (Phi) is 21.1. The minimum atomic E-state index is -0.592. The fourth-order valence-electron chi connectivity index (χ4n) is 18.4. The molecule has 2 aliphatic rings. The molecule has 1 spiro atoms. The second-order valence-corrected chi connectivity index (χ2v) is 33.0. The molecule has 0 amide bonds. The molecule has 612 valence electrons. The Bertz CT molecular complexity index is 7660. The highest BCUT2D eigenvalue weighted by molar-refractivity contribution is 5.95. The Morgan fingerprint density at radius 1 is 0.281 bits per heavy atom. The molecule has 6 heterocycles. The average molecular weight is 1650 g/mol. The van der Waals surface area contributed by atoms with Crippen LogP contribution in [0.4, 0.5) is 5.69 Å². The van der Waals surface area contributed by atoms with E-state index in [4.69, 9.17) is 26.3 Å². The topological polar surface area (TPSA) is 122 Å². The molecule has 128 heavy (non-hydrogen) atoms. The summed E-state index contributed by atoms with van der Waals surface area (Å²) in [5.74, 6) is 5.06. The summed E-state index contributed by atoms with van der Waals surface area (Å²) in [7, 11) is 0. The van der Waals surface area contributed by atoms with Crippen LogP contribution in [-0.2, 0) is 5.41 Å². The molecule has 0 N–H and O–H groups in total. The smallest absolute Gasteiger partial charge is 0.187 e. The maximum Gasteiger partial charge on any atom is 0.187 e. The first kappa shape index (κ1) is 80.1. The molecule has 22 rings (SSSR count). The van der Waals surface area contributed by atoms with E-state index in [9.17, 15) is 0 Å². The van der Waals surface area contributed by atoms with E-state index in [1.165, 1.54) is 72.3 Å². The molecule has 0 unspecified atom stereocenters. The standard InChI is InChI=1S/C45H31N3O.C44H34N4.C28H23N3/c1-27-28(2)47-29(3)48-44(27)32-15-13-30(14-16-32)33-19-23-36-37-24-20-34(31-17-21-35(46-4)22-18-31)26-41(37)45(40(36)25-33)38-9-5-7-11-42(38)49-43-12-8-6-10-39(43)45;1-29-30(2)45-31(3)46-43(29)36-24-20-33(21-25-36)32-16-18-34(19-17-32)38-10-9-11-39(28-38)35-22-26-37(27-23-35)44-47-41-14-7-8-15-42(41)48(44)40-12-5-4-6-13-40;1-18-19(2)30-20(3)31-27(18)25-15-11-22(12-16-25)21-9-13-23(14-10-21)26-8-4-6-24-7-5-17-29-28(24)26/h5-26H,1-3H3;4-28H,1-3H3;4-17H,1-3H3. The van der Waals surface area contributed by atoms with Crippen molar-refractivity contribution in [1.82, 2.24) is 44.4 Å². The first-order valence-corrected chi connectivity index (χ1v) is 43.3. The van der Waals surface area contributed by atoms with Crippen LogP contribution in [0.5, 0.6) is 11.5 Å². The Morgan fingerprint density at radius 3 is 1.11 bits per heavy atom. The molecule has 0 saturated carbocycles. The van der Waals surface area contributed by atoms with Crippen molar-refractivity contribution in [2.24, 2.45) is 0 Å². The van der Waals surface area contributed by atoms with Crippen LogP contribution in [0, 0.1) is 68.9 Å². The molecule has 20 aromatic rings. The highest BCUT2D eigenvalue weighted by Gasteiger charge is 2.51. The van der Waals surface area contributed by atoms with Crippen LogP contribution in [0.2, 0.25) is 0 Å². The number of hydrogen-bond acceptors (Lipinski definition) is 9. The van der Waals surface area contributed by atoms with Crippen LogP contribution in [0.1, 0.15) is 73.5 Å². The van der Waals surface area contributed by atoms with E-state index < -0.39 is 5.41 Å². The predicted octanol–water partition coefficient (Wildman–Crippen LogP) is 29.4. The minimum absolute atomic E-state index is 0.592. The maximum atomic E-state index is 7.42. The van der Waals surface area contributed by atoms with E-state index in [1.54, 1.807) is 0 Å². The number of aryl methyl sites for hydroxylation is 6. The Morgan fingerprint density at radius 2 is 0.648 bits per heavy atom. The number of imidazole rings is 1. The summed E-state index contributed by atoms with van der Waals surface area (Å²) in [5.41, 5.74) is 41.6. The van der Waals surface area contributed by atoms with Crippen molar-refractivity contribution in [2.75, 3.05) is 0 Å². The summed E-state index contributed by atoms with van der Waals surface area (Å²) in [6.07, 6.45) is 1.85. The van der Waals surface area contributed by atoms with E-state index in [1.807, 2.05) is 102 Å². The molecule has 1 aliphatic heterocycles. The summed E-state index contributed by atoms with van der Waals surface area (Å²) >= 11 is 0. The molecule has 1 aliphatic carbocycles. The molecule has 5 aromatic heterocycles. The van der Waals surface area contributed by atoms with Gasteiger partial charge < -0.3 is 4.74 Å². The van der Waals surface area contributed by atoms with Crippen molar-refractivity contribution in [1.29, 1.82) is 0 Å². The second kappa shape index (κ2) is 33.7. The number of rotatable bonds is 12. The number of ether oxygens (including phenoxy) is 1. The normalized spacial score (nSPS) is 11.9. The SMILES string of the molecule is Cc1nc(C)c(C)c(-c2ccc(-c3ccc(-c4cccc(-c5ccc(-c6nc7ccccc7n6-c6ccccc6)cc5)c4)cc3)cc2)n1.Cc1nc(C)c(C)c(-c2ccc(-c3ccc(-c4cccc5cccnc45)cc3)cc2)n1.[C-]#[N+]c1ccc(-c2ccc3c(c2)C2(c4ccccc4Oc4ccccc42)c2cc(-c4ccc(-c5nc(C)nc(C)c5C)cc4)ccc2-3)cc1. The first-order chi connectivity index (χ1) is 62.6. The lowest BCUT2D eigenvalue weighted by Gasteiger charge is -2.39. The van der Waals surface area contributed by atoms with Crippen LogP contribution in [0.3, 0.4) is 0 Å². The van der Waals surface area contributed by atoms with Crippen molar-refractivity contribution >= 4 is 27.6 Å². The summed E-state index contributed by atoms with van der Waals surface area (Å²) in [5, 5.41) is 1.16. The van der Waals surface area contributed by atoms with Gasteiger partial charge in [0.05, 0.1) is 45.6 Å². The molecule has 11 heteroatoms.